The molecule has 0 saturated heterocycles. The van der Waals surface area contributed by atoms with E-state index in [0.29, 0.717) is 22.1 Å². The number of amides is 1. The molecule has 3 aromatic rings. The van der Waals surface area contributed by atoms with Gasteiger partial charge in [-0.15, -0.1) is 11.3 Å². The van der Waals surface area contributed by atoms with Crippen LogP contribution < -0.4 is 5.32 Å². The molecule has 0 aliphatic rings. The fourth-order valence-electron chi connectivity index (χ4n) is 2.33. The number of hydrogen-bond donors (Lipinski definition) is 2. The Bertz CT molecular complexity index is 1040. The quantitative estimate of drug-likeness (QED) is 0.486. The third-order valence-corrected chi connectivity index (χ3v) is 4.95. The van der Waals surface area contributed by atoms with Crippen LogP contribution in [0, 0.1) is 11.3 Å². The highest BCUT2D eigenvalue weighted by Crippen LogP contribution is 2.25. The number of phenols is 1. The van der Waals surface area contributed by atoms with Gasteiger partial charge in [-0.1, -0.05) is 41.9 Å². The lowest BCUT2D eigenvalue weighted by atomic mass is 10.1. The van der Waals surface area contributed by atoms with Crippen LogP contribution in [0.1, 0.15) is 16.0 Å². The summed E-state index contributed by atoms with van der Waals surface area (Å²) in [5.74, 6) is -0.423. The number of phenolic OH excluding ortho intramolecular Hbond substituents is 1. The smallest absolute Gasteiger partial charge is 0.268 e. The number of benzene rings is 2. The van der Waals surface area contributed by atoms with Gasteiger partial charge in [0.2, 0.25) is 0 Å². The standard InChI is InChI=1S/C20H14ClN3O2S/c21-18-4-2-1-3-14(18)10-17-12-23-20(27-17)24-19(26)15(11-22)9-13-5-7-16(25)8-6-13/h1-9,12,25H,10H2,(H,23,24,26). The second-order valence-corrected chi connectivity index (χ2v) is 7.14. The van der Waals surface area contributed by atoms with Gasteiger partial charge in [0.25, 0.3) is 5.91 Å². The summed E-state index contributed by atoms with van der Waals surface area (Å²) in [6.45, 7) is 0. The molecule has 0 aliphatic heterocycles. The SMILES string of the molecule is N#CC(=Cc1ccc(O)cc1)C(=O)Nc1ncc(Cc2ccccc2Cl)s1. The first-order valence-electron chi connectivity index (χ1n) is 7.95. The third-order valence-electron chi connectivity index (χ3n) is 3.67. The number of carbonyl (C=O) groups is 1. The Morgan fingerprint density at radius 1 is 1.26 bits per heavy atom. The molecule has 3 rings (SSSR count). The minimum Gasteiger partial charge on any atom is -0.508 e. The van der Waals surface area contributed by atoms with Crippen LogP contribution in [0.4, 0.5) is 5.13 Å². The number of aromatic hydroxyl groups is 1. The van der Waals surface area contributed by atoms with Gasteiger partial charge in [0, 0.05) is 22.5 Å². The van der Waals surface area contributed by atoms with Crippen LogP contribution in [-0.4, -0.2) is 16.0 Å². The Morgan fingerprint density at radius 3 is 2.70 bits per heavy atom. The number of halogens is 1. The number of rotatable bonds is 5. The highest BCUT2D eigenvalue weighted by Gasteiger charge is 2.12. The minimum absolute atomic E-state index is 0.0523. The Hall–Kier alpha value is -3.14. The second-order valence-electron chi connectivity index (χ2n) is 5.62. The summed E-state index contributed by atoms with van der Waals surface area (Å²) < 4.78 is 0. The van der Waals surface area contributed by atoms with Crippen molar-refractivity contribution in [2.45, 2.75) is 6.42 Å². The maximum absolute atomic E-state index is 12.3. The highest BCUT2D eigenvalue weighted by atomic mass is 35.5. The van der Waals surface area contributed by atoms with Crippen molar-refractivity contribution in [1.29, 1.82) is 5.26 Å². The fourth-order valence-corrected chi connectivity index (χ4v) is 3.36. The molecule has 0 saturated carbocycles. The molecule has 0 spiro atoms. The first-order valence-corrected chi connectivity index (χ1v) is 9.15. The number of nitrogens with zero attached hydrogens (tertiary/aromatic N) is 2. The molecular formula is C20H14ClN3O2S. The van der Waals surface area contributed by atoms with Crippen LogP contribution in [0.15, 0.2) is 60.3 Å². The van der Waals surface area contributed by atoms with E-state index in [1.165, 1.54) is 29.5 Å². The average molecular weight is 396 g/mol. The molecule has 2 aromatic carbocycles. The zero-order valence-electron chi connectivity index (χ0n) is 14.0. The Morgan fingerprint density at radius 2 is 2.00 bits per heavy atom. The first kappa shape index (κ1) is 18.6. The van der Waals surface area contributed by atoms with Crippen molar-refractivity contribution in [2.75, 3.05) is 5.32 Å². The highest BCUT2D eigenvalue weighted by molar-refractivity contribution is 7.15. The van der Waals surface area contributed by atoms with Gasteiger partial charge in [-0.3, -0.25) is 10.1 Å². The molecule has 27 heavy (non-hydrogen) atoms. The maximum atomic E-state index is 12.3. The lowest BCUT2D eigenvalue weighted by Crippen LogP contribution is -2.13. The molecule has 5 nitrogen and oxygen atoms in total. The van der Waals surface area contributed by atoms with Crippen molar-refractivity contribution in [1.82, 2.24) is 4.98 Å². The van der Waals surface area contributed by atoms with E-state index >= 15 is 0 Å². The van der Waals surface area contributed by atoms with Gasteiger partial charge in [0.15, 0.2) is 5.13 Å². The normalized spacial score (nSPS) is 11.0. The largest absolute Gasteiger partial charge is 0.508 e. The minimum atomic E-state index is -0.538. The van der Waals surface area contributed by atoms with Gasteiger partial charge in [0.05, 0.1) is 0 Å². The van der Waals surface area contributed by atoms with E-state index in [1.54, 1.807) is 18.3 Å². The van der Waals surface area contributed by atoms with Crippen LogP contribution in [-0.2, 0) is 11.2 Å². The Kier molecular flexibility index (Phi) is 5.87. The summed E-state index contributed by atoms with van der Waals surface area (Å²) in [6, 6.07) is 15.6. The lowest BCUT2D eigenvalue weighted by Gasteiger charge is -2.01. The predicted octanol–water partition coefficient (Wildman–Crippen LogP) is 4.64. The van der Waals surface area contributed by atoms with Crippen molar-refractivity contribution in [3.05, 3.63) is 81.3 Å². The zero-order chi connectivity index (χ0) is 19.2. The van der Waals surface area contributed by atoms with Gasteiger partial charge in [0.1, 0.15) is 17.4 Å². The van der Waals surface area contributed by atoms with Gasteiger partial charge in [-0.2, -0.15) is 5.26 Å². The molecule has 1 amide bonds. The maximum Gasteiger partial charge on any atom is 0.268 e. The molecule has 1 aromatic heterocycles. The zero-order valence-corrected chi connectivity index (χ0v) is 15.6. The molecule has 7 heteroatoms. The second kappa shape index (κ2) is 8.49. The van der Waals surface area contributed by atoms with Gasteiger partial charge >= 0.3 is 0 Å². The molecule has 0 aliphatic carbocycles. The molecule has 0 atom stereocenters. The number of nitriles is 1. The monoisotopic (exact) mass is 395 g/mol. The van der Waals surface area contributed by atoms with Gasteiger partial charge in [-0.05, 0) is 35.4 Å². The molecule has 2 N–H and O–H groups in total. The molecule has 0 bridgehead atoms. The number of hydrogen-bond acceptors (Lipinski definition) is 5. The molecule has 0 fully saturated rings. The van der Waals surface area contributed by atoms with Crippen molar-refractivity contribution in [3.63, 3.8) is 0 Å². The number of carbonyl (C=O) groups excluding carboxylic acids is 1. The Balaban J connectivity index is 1.70. The molecule has 134 valence electrons. The summed E-state index contributed by atoms with van der Waals surface area (Å²) in [5.41, 5.74) is 1.56. The van der Waals surface area contributed by atoms with E-state index in [-0.39, 0.29) is 11.3 Å². The molecule has 0 unspecified atom stereocenters. The summed E-state index contributed by atoms with van der Waals surface area (Å²) in [5, 5.41) is 22.3. The Labute approximate surface area is 165 Å². The first-order chi connectivity index (χ1) is 13.0. The van der Waals surface area contributed by atoms with E-state index < -0.39 is 5.91 Å². The van der Waals surface area contributed by atoms with Gasteiger partial charge in [-0.25, -0.2) is 4.98 Å². The van der Waals surface area contributed by atoms with E-state index in [1.807, 2.05) is 30.3 Å². The van der Waals surface area contributed by atoms with Crippen molar-refractivity contribution in [2.24, 2.45) is 0 Å². The predicted molar refractivity (Wildman–Crippen MR) is 107 cm³/mol. The number of aromatic nitrogens is 1. The number of anilines is 1. The number of nitrogens with one attached hydrogen (secondary N) is 1. The topological polar surface area (TPSA) is 86.0 Å². The van der Waals surface area contributed by atoms with Gasteiger partial charge < -0.3 is 5.11 Å². The van der Waals surface area contributed by atoms with E-state index in [0.717, 1.165) is 10.4 Å². The molecule has 0 radical (unpaired) electrons. The lowest BCUT2D eigenvalue weighted by molar-refractivity contribution is -0.112. The van der Waals surface area contributed by atoms with Crippen molar-refractivity contribution < 1.29 is 9.90 Å². The van der Waals surface area contributed by atoms with Crippen LogP contribution in [0.5, 0.6) is 5.75 Å². The number of thiazole rings is 1. The summed E-state index contributed by atoms with van der Waals surface area (Å²) >= 11 is 7.50. The molecule has 1 heterocycles. The summed E-state index contributed by atoms with van der Waals surface area (Å²) in [6.07, 6.45) is 3.74. The summed E-state index contributed by atoms with van der Waals surface area (Å²) in [7, 11) is 0. The molecular weight excluding hydrogens is 382 g/mol. The van der Waals surface area contributed by atoms with E-state index in [9.17, 15) is 15.2 Å². The van der Waals surface area contributed by atoms with Crippen molar-refractivity contribution >= 4 is 40.1 Å². The fraction of sp³-hybridized carbons (Fsp3) is 0.0500. The third kappa shape index (κ3) is 4.94. The van der Waals surface area contributed by atoms with E-state index in [2.05, 4.69) is 10.3 Å². The van der Waals surface area contributed by atoms with E-state index in [4.69, 9.17) is 11.6 Å². The van der Waals surface area contributed by atoms with Crippen molar-refractivity contribution in [3.8, 4) is 11.8 Å². The van der Waals surface area contributed by atoms with Crippen LogP contribution in [0.3, 0.4) is 0 Å². The van der Waals surface area contributed by atoms with Crippen LogP contribution in [0.25, 0.3) is 6.08 Å². The van der Waals surface area contributed by atoms with Crippen LogP contribution >= 0.6 is 22.9 Å². The average Bonchev–Trinajstić information content (AvgIpc) is 3.10. The van der Waals surface area contributed by atoms with Crippen LogP contribution in [0.2, 0.25) is 5.02 Å². The summed E-state index contributed by atoms with van der Waals surface area (Å²) in [4.78, 5) is 17.5.